The highest BCUT2D eigenvalue weighted by Crippen LogP contribution is 2.12. The maximum absolute atomic E-state index is 10.4. The van der Waals surface area contributed by atoms with E-state index >= 15 is 0 Å². The second kappa shape index (κ2) is 6.71. The number of aromatic nitrogens is 3. The van der Waals surface area contributed by atoms with Crippen LogP contribution in [-0.4, -0.2) is 31.2 Å². The number of nitrogens with zero attached hydrogens (tertiary/aromatic N) is 4. The van der Waals surface area contributed by atoms with Crippen molar-refractivity contribution in [1.82, 2.24) is 14.5 Å². The van der Waals surface area contributed by atoms with Crippen LogP contribution in [0.5, 0.6) is 0 Å². The fourth-order valence-corrected chi connectivity index (χ4v) is 1.51. The van der Waals surface area contributed by atoms with Gasteiger partial charge in [0.2, 0.25) is 0 Å². The smallest absolute Gasteiger partial charge is 0.342 e. The van der Waals surface area contributed by atoms with Crippen molar-refractivity contribution in [3.63, 3.8) is 0 Å². The summed E-state index contributed by atoms with van der Waals surface area (Å²) in [5.41, 5.74) is 1.79. The summed E-state index contributed by atoms with van der Waals surface area (Å²) in [6, 6.07) is 0. The summed E-state index contributed by atoms with van der Waals surface area (Å²) in [5.74, 6) is 0.456. The summed E-state index contributed by atoms with van der Waals surface area (Å²) in [7, 11) is 0. The molecule has 17 heavy (non-hydrogen) atoms. The lowest BCUT2D eigenvalue weighted by Crippen LogP contribution is -2.07. The zero-order chi connectivity index (χ0) is 12.7. The molecule has 0 bridgehead atoms. The van der Waals surface area contributed by atoms with Crippen LogP contribution in [-0.2, 0) is 6.54 Å². The van der Waals surface area contributed by atoms with Gasteiger partial charge in [-0.3, -0.25) is 4.98 Å². The Labute approximate surface area is 102 Å². The van der Waals surface area contributed by atoms with Crippen molar-refractivity contribution < 1.29 is 10.0 Å². The van der Waals surface area contributed by atoms with Gasteiger partial charge in [-0.2, -0.15) is 0 Å². The van der Waals surface area contributed by atoms with Gasteiger partial charge in [0.15, 0.2) is 5.82 Å². The van der Waals surface area contributed by atoms with Gasteiger partial charge in [-0.15, -0.1) is 11.3 Å². The van der Waals surface area contributed by atoms with Crippen molar-refractivity contribution in [1.29, 1.82) is 0 Å². The van der Waals surface area contributed by atoms with E-state index in [9.17, 15) is 10.1 Å². The molecule has 8 heteroatoms. The SMILES string of the molecule is Cc1ncc([N+](=O)[O-])n1CCO.c1cscn1. The highest BCUT2D eigenvalue weighted by molar-refractivity contribution is 7.07. The van der Waals surface area contributed by atoms with Crippen molar-refractivity contribution in [3.05, 3.63) is 39.2 Å². The molecule has 0 aliphatic heterocycles. The largest absolute Gasteiger partial charge is 0.392 e. The van der Waals surface area contributed by atoms with Crippen LogP contribution in [0.2, 0.25) is 0 Å². The quantitative estimate of drug-likeness (QED) is 0.658. The molecule has 2 aromatic heterocycles. The average molecular weight is 256 g/mol. The van der Waals surface area contributed by atoms with E-state index in [0.29, 0.717) is 5.82 Å². The Bertz CT molecular complexity index is 438. The minimum atomic E-state index is -0.518. The third kappa shape index (κ3) is 3.93. The van der Waals surface area contributed by atoms with Gasteiger partial charge < -0.3 is 15.2 Å². The highest BCUT2D eigenvalue weighted by atomic mass is 32.1. The Kier molecular flexibility index (Phi) is 5.24. The molecule has 0 radical (unpaired) electrons. The second-order valence-corrected chi connectivity index (χ2v) is 3.73. The number of hydrogen-bond donors (Lipinski definition) is 1. The van der Waals surface area contributed by atoms with E-state index in [1.54, 1.807) is 30.0 Å². The molecular weight excluding hydrogens is 244 g/mol. The molecule has 7 nitrogen and oxygen atoms in total. The minimum Gasteiger partial charge on any atom is -0.392 e. The molecule has 0 saturated heterocycles. The molecule has 1 N–H and O–H groups in total. The van der Waals surface area contributed by atoms with E-state index in [0.717, 1.165) is 0 Å². The van der Waals surface area contributed by atoms with Crippen LogP contribution in [0.3, 0.4) is 0 Å². The Hall–Kier alpha value is -1.80. The minimum absolute atomic E-state index is 0.0819. The molecular formula is C9H12N4O3S. The third-order valence-electron chi connectivity index (χ3n) is 1.89. The van der Waals surface area contributed by atoms with E-state index < -0.39 is 4.92 Å². The number of aryl methyl sites for hydroxylation is 1. The highest BCUT2D eigenvalue weighted by Gasteiger charge is 2.15. The van der Waals surface area contributed by atoms with Crippen LogP contribution < -0.4 is 0 Å². The van der Waals surface area contributed by atoms with Crippen molar-refractivity contribution in [2.75, 3.05) is 6.61 Å². The molecule has 2 heterocycles. The van der Waals surface area contributed by atoms with E-state index in [-0.39, 0.29) is 19.0 Å². The summed E-state index contributed by atoms with van der Waals surface area (Å²) >= 11 is 1.60. The maximum Gasteiger partial charge on any atom is 0.342 e. The van der Waals surface area contributed by atoms with E-state index in [1.807, 2.05) is 5.38 Å². The predicted octanol–water partition coefficient (Wildman–Crippen LogP) is 1.24. The summed E-state index contributed by atoms with van der Waals surface area (Å²) in [6.07, 6.45) is 2.95. The van der Waals surface area contributed by atoms with Crippen LogP contribution in [0.1, 0.15) is 5.82 Å². The van der Waals surface area contributed by atoms with Gasteiger partial charge in [0.05, 0.1) is 12.1 Å². The van der Waals surface area contributed by atoms with Crippen LogP contribution in [0.15, 0.2) is 23.3 Å². The number of rotatable bonds is 3. The Morgan fingerprint density at radius 3 is 2.82 bits per heavy atom. The number of aliphatic hydroxyl groups excluding tert-OH is 1. The molecule has 0 unspecified atom stereocenters. The Morgan fingerprint density at radius 2 is 2.41 bits per heavy atom. The van der Waals surface area contributed by atoms with E-state index in [1.165, 1.54) is 10.8 Å². The molecule has 92 valence electrons. The van der Waals surface area contributed by atoms with Crippen molar-refractivity contribution in [3.8, 4) is 0 Å². The monoisotopic (exact) mass is 256 g/mol. The van der Waals surface area contributed by atoms with Crippen molar-refractivity contribution >= 4 is 17.2 Å². The van der Waals surface area contributed by atoms with Gasteiger partial charge in [0.25, 0.3) is 0 Å². The fraction of sp³-hybridized carbons (Fsp3) is 0.333. The number of nitro groups is 1. The summed E-state index contributed by atoms with van der Waals surface area (Å²) < 4.78 is 1.36. The first kappa shape index (κ1) is 13.3. The van der Waals surface area contributed by atoms with Crippen LogP contribution in [0.25, 0.3) is 0 Å². The summed E-state index contributed by atoms with van der Waals surface area (Å²) in [5, 5.41) is 20.9. The summed E-state index contributed by atoms with van der Waals surface area (Å²) in [6.45, 7) is 1.74. The molecule has 2 aromatic rings. The standard InChI is InChI=1S/C6H9N3O3.C3H3NS/c1-5-7-4-6(9(11)12)8(5)2-3-10;1-2-5-3-4-1/h4,10H,2-3H2,1H3;1-3H. The molecule has 0 fully saturated rings. The van der Waals surface area contributed by atoms with Crippen LogP contribution in [0, 0.1) is 17.0 Å². The number of imidazole rings is 1. The molecule has 0 amide bonds. The van der Waals surface area contributed by atoms with Gasteiger partial charge in [0.1, 0.15) is 12.7 Å². The van der Waals surface area contributed by atoms with Crippen LogP contribution in [0.4, 0.5) is 5.82 Å². The maximum atomic E-state index is 10.4. The van der Waals surface area contributed by atoms with Gasteiger partial charge >= 0.3 is 5.82 Å². The first-order valence-corrected chi connectivity index (χ1v) is 5.70. The molecule has 0 aromatic carbocycles. The van der Waals surface area contributed by atoms with Crippen molar-refractivity contribution in [2.45, 2.75) is 13.5 Å². The van der Waals surface area contributed by atoms with Crippen molar-refractivity contribution in [2.24, 2.45) is 0 Å². The lowest BCUT2D eigenvalue weighted by Gasteiger charge is -1.98. The topological polar surface area (TPSA) is 94.1 Å². The molecule has 0 saturated carbocycles. The Morgan fingerprint density at radius 1 is 1.65 bits per heavy atom. The lowest BCUT2D eigenvalue weighted by atomic mass is 10.6. The van der Waals surface area contributed by atoms with Gasteiger partial charge in [-0.1, -0.05) is 0 Å². The molecule has 0 atom stereocenters. The number of thiazole rings is 1. The second-order valence-electron chi connectivity index (χ2n) is 2.97. The molecule has 0 aliphatic carbocycles. The fourth-order valence-electron chi connectivity index (χ4n) is 1.15. The molecule has 0 aliphatic rings. The first-order valence-electron chi connectivity index (χ1n) is 4.76. The average Bonchev–Trinajstić information content (AvgIpc) is 2.93. The first-order chi connectivity index (χ1) is 8.16. The number of hydrogen-bond acceptors (Lipinski definition) is 6. The van der Waals surface area contributed by atoms with Gasteiger partial charge in [-0.25, -0.2) is 9.55 Å². The van der Waals surface area contributed by atoms with Gasteiger partial charge in [-0.05, 0) is 4.92 Å². The van der Waals surface area contributed by atoms with Crippen LogP contribution >= 0.6 is 11.3 Å². The molecule has 0 spiro atoms. The normalized spacial score (nSPS) is 9.53. The predicted molar refractivity (Wildman–Crippen MR) is 62.8 cm³/mol. The van der Waals surface area contributed by atoms with E-state index in [2.05, 4.69) is 9.97 Å². The summed E-state index contributed by atoms with van der Waals surface area (Å²) in [4.78, 5) is 17.4. The zero-order valence-corrected chi connectivity index (χ0v) is 10.0. The lowest BCUT2D eigenvalue weighted by molar-refractivity contribution is -0.392. The zero-order valence-electron chi connectivity index (χ0n) is 9.18. The van der Waals surface area contributed by atoms with Gasteiger partial charge in [0, 0.05) is 18.5 Å². The molecule has 2 rings (SSSR count). The number of aliphatic hydroxyl groups is 1. The Balaban J connectivity index is 0.000000239. The van der Waals surface area contributed by atoms with E-state index in [4.69, 9.17) is 5.11 Å². The third-order valence-corrected chi connectivity index (χ3v) is 2.41.